The molecule has 0 aliphatic carbocycles. The first-order chi connectivity index (χ1) is 5.54. The van der Waals surface area contributed by atoms with Gasteiger partial charge in [0.25, 0.3) is 0 Å². The van der Waals surface area contributed by atoms with Gasteiger partial charge in [-0.15, -0.1) is 0 Å². The molecule has 12 heavy (non-hydrogen) atoms. The molecule has 0 saturated carbocycles. The van der Waals surface area contributed by atoms with Crippen molar-refractivity contribution in [3.05, 3.63) is 0 Å². The van der Waals surface area contributed by atoms with E-state index >= 15 is 0 Å². The fourth-order valence-electron chi connectivity index (χ4n) is 2.37. The van der Waals surface area contributed by atoms with Gasteiger partial charge in [-0.1, -0.05) is 13.8 Å². The summed E-state index contributed by atoms with van der Waals surface area (Å²) < 4.78 is 0. The van der Waals surface area contributed by atoms with Crippen LogP contribution in [0.1, 0.15) is 59.8 Å². The Labute approximate surface area is 76.9 Å². The molecule has 1 nitrogen and oxygen atoms in total. The first kappa shape index (κ1) is 10.0. The summed E-state index contributed by atoms with van der Waals surface area (Å²) in [7, 11) is 0. The van der Waals surface area contributed by atoms with Gasteiger partial charge in [0, 0.05) is 11.1 Å². The van der Waals surface area contributed by atoms with Crippen molar-refractivity contribution in [2.24, 2.45) is 0 Å². The van der Waals surface area contributed by atoms with Gasteiger partial charge in [-0.3, -0.25) is 0 Å². The standard InChI is InChI=1S/C11H22N/c1-5-11(6-2)9-7-8-10(3,4)12-11/h5-9H2,1-4H3. The molecule has 1 aliphatic heterocycles. The van der Waals surface area contributed by atoms with E-state index < -0.39 is 0 Å². The highest BCUT2D eigenvalue weighted by Gasteiger charge is 2.37. The predicted molar refractivity (Wildman–Crippen MR) is 53.4 cm³/mol. The van der Waals surface area contributed by atoms with Crippen molar-refractivity contribution in [2.45, 2.75) is 70.9 Å². The summed E-state index contributed by atoms with van der Waals surface area (Å²) in [5, 5.41) is 4.98. The first-order valence-electron chi connectivity index (χ1n) is 5.28. The maximum absolute atomic E-state index is 4.98. The molecule has 1 radical (unpaired) electrons. The van der Waals surface area contributed by atoms with E-state index in [1.165, 1.54) is 32.1 Å². The van der Waals surface area contributed by atoms with Crippen LogP contribution < -0.4 is 5.32 Å². The minimum absolute atomic E-state index is 0.240. The molecule has 0 unspecified atom stereocenters. The van der Waals surface area contributed by atoms with Gasteiger partial charge in [0.1, 0.15) is 0 Å². The molecule has 1 aliphatic rings. The molecular weight excluding hydrogens is 146 g/mol. The average molecular weight is 168 g/mol. The second-order valence-electron chi connectivity index (χ2n) is 4.71. The molecule has 0 aromatic carbocycles. The van der Waals surface area contributed by atoms with Gasteiger partial charge in [0.2, 0.25) is 0 Å². The van der Waals surface area contributed by atoms with E-state index in [9.17, 15) is 0 Å². The SMILES string of the molecule is CCC1(CC)CCCC(C)(C)[N]1. The van der Waals surface area contributed by atoms with Crippen LogP contribution in [0.25, 0.3) is 0 Å². The van der Waals surface area contributed by atoms with Crippen LogP contribution in [-0.4, -0.2) is 11.1 Å². The molecule has 71 valence electrons. The Morgan fingerprint density at radius 3 is 2.00 bits per heavy atom. The average Bonchev–Trinajstić information content (AvgIpc) is 2.02. The van der Waals surface area contributed by atoms with Crippen LogP contribution in [-0.2, 0) is 0 Å². The Morgan fingerprint density at radius 2 is 1.67 bits per heavy atom. The van der Waals surface area contributed by atoms with Crippen molar-refractivity contribution < 1.29 is 0 Å². The third-order valence-electron chi connectivity index (χ3n) is 3.29. The van der Waals surface area contributed by atoms with Gasteiger partial charge >= 0.3 is 0 Å². The quantitative estimate of drug-likeness (QED) is 0.601. The van der Waals surface area contributed by atoms with Gasteiger partial charge in [-0.2, -0.15) is 0 Å². The maximum atomic E-state index is 4.98. The number of hydrogen-bond acceptors (Lipinski definition) is 0. The molecule has 1 heterocycles. The Morgan fingerprint density at radius 1 is 1.08 bits per heavy atom. The van der Waals surface area contributed by atoms with Crippen LogP contribution in [0.4, 0.5) is 0 Å². The lowest BCUT2D eigenvalue weighted by Crippen LogP contribution is -2.52. The zero-order chi connectivity index (χ0) is 9.24. The molecule has 0 N–H and O–H groups in total. The molecule has 0 spiro atoms. The molecule has 0 bridgehead atoms. The van der Waals surface area contributed by atoms with E-state index in [1.807, 2.05) is 0 Å². The van der Waals surface area contributed by atoms with Crippen LogP contribution in [0.3, 0.4) is 0 Å². The number of nitrogens with zero attached hydrogens (tertiary/aromatic N) is 1. The summed E-state index contributed by atoms with van der Waals surface area (Å²) in [5.74, 6) is 0. The van der Waals surface area contributed by atoms with E-state index in [0.29, 0.717) is 5.54 Å². The van der Waals surface area contributed by atoms with Gasteiger partial charge in [-0.25, -0.2) is 5.32 Å². The van der Waals surface area contributed by atoms with Crippen LogP contribution in [0.2, 0.25) is 0 Å². The van der Waals surface area contributed by atoms with E-state index in [0.717, 1.165) is 0 Å². The van der Waals surface area contributed by atoms with Crippen LogP contribution in [0, 0.1) is 0 Å². The molecule has 0 aromatic rings. The summed E-state index contributed by atoms with van der Waals surface area (Å²) in [6.45, 7) is 9.08. The van der Waals surface area contributed by atoms with Gasteiger partial charge < -0.3 is 0 Å². The predicted octanol–water partition coefficient (Wildman–Crippen LogP) is 3.11. The van der Waals surface area contributed by atoms with E-state index in [-0.39, 0.29) is 5.54 Å². The first-order valence-corrected chi connectivity index (χ1v) is 5.28. The molecule has 0 aromatic heterocycles. The third-order valence-corrected chi connectivity index (χ3v) is 3.29. The Bertz CT molecular complexity index is 145. The summed E-state index contributed by atoms with van der Waals surface area (Å²) in [4.78, 5) is 0. The summed E-state index contributed by atoms with van der Waals surface area (Å²) in [6.07, 6.45) is 6.37. The Kier molecular flexibility index (Phi) is 2.82. The normalized spacial score (nSPS) is 27.0. The van der Waals surface area contributed by atoms with E-state index in [4.69, 9.17) is 5.32 Å². The smallest absolute Gasteiger partial charge is 0.0357 e. The topological polar surface area (TPSA) is 14.1 Å². The van der Waals surface area contributed by atoms with Crippen molar-refractivity contribution in [1.82, 2.24) is 5.32 Å². The van der Waals surface area contributed by atoms with Crippen molar-refractivity contribution in [3.8, 4) is 0 Å². The molecule has 1 rings (SSSR count). The lowest BCUT2D eigenvalue weighted by molar-refractivity contribution is 0.135. The van der Waals surface area contributed by atoms with Crippen LogP contribution >= 0.6 is 0 Å². The highest BCUT2D eigenvalue weighted by Crippen LogP contribution is 2.34. The molecule has 1 heteroatoms. The second-order valence-corrected chi connectivity index (χ2v) is 4.71. The van der Waals surface area contributed by atoms with Gasteiger partial charge in [0.15, 0.2) is 0 Å². The van der Waals surface area contributed by atoms with Crippen LogP contribution in [0.15, 0.2) is 0 Å². The van der Waals surface area contributed by atoms with Gasteiger partial charge in [0.05, 0.1) is 0 Å². The fraction of sp³-hybridized carbons (Fsp3) is 1.00. The number of rotatable bonds is 2. The monoisotopic (exact) mass is 168 g/mol. The zero-order valence-corrected chi connectivity index (χ0v) is 8.98. The largest absolute Gasteiger partial charge is 0.229 e. The Balaban J connectivity index is 2.65. The maximum Gasteiger partial charge on any atom is 0.0357 e. The molecule has 1 fully saturated rings. The minimum Gasteiger partial charge on any atom is -0.229 e. The zero-order valence-electron chi connectivity index (χ0n) is 8.98. The van der Waals surface area contributed by atoms with Gasteiger partial charge in [-0.05, 0) is 46.0 Å². The lowest BCUT2D eigenvalue weighted by Gasteiger charge is -2.44. The summed E-state index contributed by atoms with van der Waals surface area (Å²) >= 11 is 0. The van der Waals surface area contributed by atoms with Crippen molar-refractivity contribution >= 4 is 0 Å². The third kappa shape index (κ3) is 2.01. The molecule has 0 atom stereocenters. The number of hydrogen-bond donors (Lipinski definition) is 0. The summed E-state index contributed by atoms with van der Waals surface area (Å²) in [5.41, 5.74) is 0.562. The van der Waals surface area contributed by atoms with E-state index in [2.05, 4.69) is 27.7 Å². The highest BCUT2D eigenvalue weighted by atomic mass is 15.1. The fourth-order valence-corrected chi connectivity index (χ4v) is 2.37. The van der Waals surface area contributed by atoms with Crippen molar-refractivity contribution in [2.75, 3.05) is 0 Å². The second kappa shape index (κ2) is 3.37. The van der Waals surface area contributed by atoms with E-state index in [1.54, 1.807) is 0 Å². The molecule has 0 amide bonds. The Hall–Kier alpha value is -0.0400. The number of piperidine rings is 1. The van der Waals surface area contributed by atoms with Crippen LogP contribution in [0.5, 0.6) is 0 Å². The minimum atomic E-state index is 0.240. The molecular formula is C11H22N. The van der Waals surface area contributed by atoms with Crippen molar-refractivity contribution in [3.63, 3.8) is 0 Å². The molecule has 1 saturated heterocycles. The highest BCUT2D eigenvalue weighted by molar-refractivity contribution is 4.96. The lowest BCUT2D eigenvalue weighted by atomic mass is 9.77. The summed E-state index contributed by atoms with van der Waals surface area (Å²) in [6, 6.07) is 0. The van der Waals surface area contributed by atoms with Crippen molar-refractivity contribution in [1.29, 1.82) is 0 Å².